The summed E-state index contributed by atoms with van der Waals surface area (Å²) >= 11 is 0. The van der Waals surface area contributed by atoms with Crippen molar-refractivity contribution in [3.63, 3.8) is 0 Å². The van der Waals surface area contributed by atoms with E-state index < -0.39 is 0 Å². The van der Waals surface area contributed by atoms with Crippen molar-refractivity contribution in [2.24, 2.45) is 0 Å². The molecule has 1 aliphatic heterocycles. The van der Waals surface area contributed by atoms with Gasteiger partial charge in [-0.05, 0) is 36.4 Å². The van der Waals surface area contributed by atoms with Crippen LogP contribution in [0.3, 0.4) is 0 Å². The average molecular weight is 375 g/mol. The highest BCUT2D eigenvalue weighted by Gasteiger charge is 2.14. The number of nitrogens with one attached hydrogen (secondary N) is 1. The highest BCUT2D eigenvalue weighted by Crippen LogP contribution is 2.29. The molecule has 4 rings (SSSR count). The molecule has 142 valence electrons. The minimum atomic E-state index is -0.280. The molecule has 0 aliphatic carbocycles. The Hall–Kier alpha value is -3.38. The summed E-state index contributed by atoms with van der Waals surface area (Å²) < 4.78 is 11.3. The van der Waals surface area contributed by atoms with E-state index in [4.69, 9.17) is 9.47 Å². The van der Waals surface area contributed by atoms with Crippen LogP contribution >= 0.6 is 0 Å². The van der Waals surface area contributed by atoms with Crippen LogP contribution in [0.4, 0.5) is 11.4 Å². The highest BCUT2D eigenvalue weighted by atomic mass is 16.5. The maximum absolute atomic E-state index is 12.6. The Morgan fingerprint density at radius 1 is 0.964 bits per heavy atom. The molecule has 0 spiro atoms. The van der Waals surface area contributed by atoms with Crippen LogP contribution in [0.1, 0.15) is 10.5 Å². The summed E-state index contributed by atoms with van der Waals surface area (Å²) in [5.41, 5.74) is 1.94. The molecule has 3 aromatic rings. The number of benzene rings is 2. The van der Waals surface area contributed by atoms with E-state index in [1.54, 1.807) is 18.3 Å². The van der Waals surface area contributed by atoms with Crippen molar-refractivity contribution in [3.8, 4) is 11.5 Å². The second-order valence-corrected chi connectivity index (χ2v) is 6.37. The van der Waals surface area contributed by atoms with Gasteiger partial charge in [-0.1, -0.05) is 30.3 Å². The molecule has 28 heavy (non-hydrogen) atoms. The fourth-order valence-corrected chi connectivity index (χ4v) is 2.99. The topological polar surface area (TPSA) is 63.7 Å². The summed E-state index contributed by atoms with van der Waals surface area (Å²) in [5, 5.41) is 2.89. The lowest BCUT2D eigenvalue weighted by atomic mass is 10.2. The third-order valence-electron chi connectivity index (χ3n) is 4.46. The Labute approximate surface area is 163 Å². The number of nitrogens with zero attached hydrogens (tertiary/aromatic N) is 2. The van der Waals surface area contributed by atoms with E-state index in [1.807, 2.05) is 54.6 Å². The first-order chi connectivity index (χ1) is 13.8. The lowest BCUT2D eigenvalue weighted by Crippen LogP contribution is -2.36. The minimum Gasteiger partial charge on any atom is -0.455 e. The fraction of sp³-hybridized carbons (Fsp3) is 0.182. The predicted molar refractivity (Wildman–Crippen MR) is 108 cm³/mol. The van der Waals surface area contributed by atoms with E-state index in [9.17, 15) is 4.79 Å². The van der Waals surface area contributed by atoms with Crippen LogP contribution in [0.5, 0.6) is 11.5 Å². The Morgan fingerprint density at radius 3 is 2.46 bits per heavy atom. The van der Waals surface area contributed by atoms with Gasteiger partial charge in [0.05, 0.1) is 30.8 Å². The van der Waals surface area contributed by atoms with Gasteiger partial charge in [0.15, 0.2) is 5.75 Å². The monoisotopic (exact) mass is 375 g/mol. The highest BCUT2D eigenvalue weighted by molar-refractivity contribution is 6.03. The molecule has 0 atom stereocenters. The van der Waals surface area contributed by atoms with Gasteiger partial charge in [-0.2, -0.15) is 0 Å². The van der Waals surface area contributed by atoms with Gasteiger partial charge in [-0.15, -0.1) is 0 Å². The van der Waals surface area contributed by atoms with Crippen molar-refractivity contribution in [1.82, 2.24) is 4.98 Å². The number of morpholine rings is 1. The van der Waals surface area contributed by atoms with E-state index in [0.717, 1.165) is 18.8 Å². The molecule has 6 heteroatoms. The first kappa shape index (κ1) is 18.0. The average Bonchev–Trinajstić information content (AvgIpc) is 2.76. The fourth-order valence-electron chi connectivity index (χ4n) is 2.99. The van der Waals surface area contributed by atoms with Gasteiger partial charge in [-0.25, -0.2) is 4.98 Å². The standard InChI is InChI=1S/C22H21N3O3/c26-22(20-11-10-17(16-23-20)25-12-14-27-15-13-25)24-19-8-4-5-9-21(19)28-18-6-2-1-3-7-18/h1-11,16H,12-15H2,(H,24,26). The number of ether oxygens (including phenoxy) is 2. The maximum Gasteiger partial charge on any atom is 0.274 e. The second kappa shape index (κ2) is 8.54. The summed E-state index contributed by atoms with van der Waals surface area (Å²) in [5.74, 6) is 1.00. The van der Waals surface area contributed by atoms with Crippen LogP contribution in [-0.4, -0.2) is 37.2 Å². The van der Waals surface area contributed by atoms with Crippen LogP contribution < -0.4 is 15.0 Å². The smallest absolute Gasteiger partial charge is 0.274 e. The molecule has 1 aromatic heterocycles. The van der Waals surface area contributed by atoms with E-state index >= 15 is 0 Å². The Balaban J connectivity index is 1.46. The maximum atomic E-state index is 12.6. The number of anilines is 2. The molecular formula is C22H21N3O3. The van der Waals surface area contributed by atoms with Gasteiger partial charge >= 0.3 is 0 Å². The van der Waals surface area contributed by atoms with E-state index in [2.05, 4.69) is 15.2 Å². The molecule has 0 radical (unpaired) electrons. The van der Waals surface area contributed by atoms with Crippen LogP contribution in [-0.2, 0) is 4.74 Å². The van der Waals surface area contributed by atoms with E-state index in [0.29, 0.717) is 36.1 Å². The Kier molecular flexibility index (Phi) is 5.49. The van der Waals surface area contributed by atoms with Crippen LogP contribution in [0, 0.1) is 0 Å². The quantitative estimate of drug-likeness (QED) is 0.731. The summed E-state index contributed by atoms with van der Waals surface area (Å²) in [6.07, 6.45) is 1.73. The number of carbonyl (C=O) groups is 1. The molecule has 1 aliphatic rings. The van der Waals surface area contributed by atoms with Gasteiger partial charge < -0.3 is 19.7 Å². The van der Waals surface area contributed by atoms with Crippen molar-refractivity contribution in [1.29, 1.82) is 0 Å². The number of amides is 1. The predicted octanol–water partition coefficient (Wildman–Crippen LogP) is 3.96. The van der Waals surface area contributed by atoms with Gasteiger partial charge in [0.1, 0.15) is 11.4 Å². The number of hydrogen-bond acceptors (Lipinski definition) is 5. The molecule has 2 aromatic carbocycles. The van der Waals surface area contributed by atoms with Crippen LogP contribution in [0.25, 0.3) is 0 Å². The Morgan fingerprint density at radius 2 is 1.71 bits per heavy atom. The summed E-state index contributed by atoms with van der Waals surface area (Å²) in [7, 11) is 0. The molecule has 1 fully saturated rings. The zero-order valence-electron chi connectivity index (χ0n) is 15.4. The molecule has 0 saturated carbocycles. The van der Waals surface area contributed by atoms with Crippen molar-refractivity contribution < 1.29 is 14.3 Å². The molecule has 0 unspecified atom stereocenters. The van der Waals surface area contributed by atoms with Crippen molar-refractivity contribution in [3.05, 3.63) is 78.6 Å². The molecular weight excluding hydrogens is 354 g/mol. The lowest BCUT2D eigenvalue weighted by molar-refractivity contribution is 0.102. The van der Waals surface area contributed by atoms with Crippen LogP contribution in [0.2, 0.25) is 0 Å². The second-order valence-electron chi connectivity index (χ2n) is 6.37. The molecule has 1 N–H and O–H groups in total. The van der Waals surface area contributed by atoms with Gasteiger partial charge in [0, 0.05) is 13.1 Å². The van der Waals surface area contributed by atoms with Gasteiger partial charge in [-0.3, -0.25) is 4.79 Å². The third kappa shape index (κ3) is 4.29. The number of pyridine rings is 1. The Bertz CT molecular complexity index is 923. The summed E-state index contributed by atoms with van der Waals surface area (Å²) in [4.78, 5) is 19.2. The van der Waals surface area contributed by atoms with Crippen molar-refractivity contribution >= 4 is 17.3 Å². The molecule has 2 heterocycles. The van der Waals surface area contributed by atoms with Crippen LogP contribution in [0.15, 0.2) is 72.9 Å². The molecule has 6 nitrogen and oxygen atoms in total. The number of rotatable bonds is 5. The summed E-state index contributed by atoms with van der Waals surface area (Å²) in [6, 6.07) is 20.4. The SMILES string of the molecule is O=C(Nc1ccccc1Oc1ccccc1)c1ccc(N2CCOCC2)cn1. The van der Waals surface area contributed by atoms with E-state index in [-0.39, 0.29) is 5.91 Å². The first-order valence-corrected chi connectivity index (χ1v) is 9.21. The molecule has 1 amide bonds. The lowest BCUT2D eigenvalue weighted by Gasteiger charge is -2.28. The number of hydrogen-bond donors (Lipinski definition) is 1. The van der Waals surface area contributed by atoms with E-state index in [1.165, 1.54) is 0 Å². The van der Waals surface area contributed by atoms with Crippen molar-refractivity contribution in [2.45, 2.75) is 0 Å². The summed E-state index contributed by atoms with van der Waals surface area (Å²) in [6.45, 7) is 3.08. The normalized spacial score (nSPS) is 13.8. The number of aromatic nitrogens is 1. The zero-order chi connectivity index (χ0) is 19.2. The molecule has 0 bridgehead atoms. The largest absolute Gasteiger partial charge is 0.455 e. The zero-order valence-corrected chi connectivity index (χ0v) is 15.4. The third-order valence-corrected chi connectivity index (χ3v) is 4.46. The number of carbonyl (C=O) groups excluding carboxylic acids is 1. The van der Waals surface area contributed by atoms with Crippen molar-refractivity contribution in [2.75, 3.05) is 36.5 Å². The van der Waals surface area contributed by atoms with Gasteiger partial charge in [0.25, 0.3) is 5.91 Å². The first-order valence-electron chi connectivity index (χ1n) is 9.21. The molecule has 1 saturated heterocycles. The van der Waals surface area contributed by atoms with Gasteiger partial charge in [0.2, 0.25) is 0 Å². The minimum absolute atomic E-state index is 0.280. The number of para-hydroxylation sites is 3.